The van der Waals surface area contributed by atoms with Crippen LogP contribution in [0.4, 0.5) is 0 Å². The Morgan fingerprint density at radius 3 is 2.76 bits per heavy atom. The van der Waals surface area contributed by atoms with Gasteiger partial charge in [0.25, 0.3) is 0 Å². The number of ether oxygens (including phenoxy) is 2. The summed E-state index contributed by atoms with van der Waals surface area (Å²) in [5, 5.41) is 0.0999. The lowest BCUT2D eigenvalue weighted by molar-refractivity contribution is -0.0159. The molecule has 0 atom stereocenters. The van der Waals surface area contributed by atoms with E-state index in [1.165, 1.54) is 0 Å². The fourth-order valence-electron chi connectivity index (χ4n) is 1.28. The minimum absolute atomic E-state index is 0.0999. The molecule has 0 spiro atoms. The van der Waals surface area contributed by atoms with Gasteiger partial charge in [0.1, 0.15) is 0 Å². The largest absolute Gasteiger partial charge is 0.420 e. The highest BCUT2D eigenvalue weighted by molar-refractivity contribution is 6.28. The fraction of sp³-hybridized carbons (Fsp3) is 0.400. The van der Waals surface area contributed by atoms with E-state index in [1.54, 1.807) is 31.5 Å². The molecule has 0 saturated carbocycles. The van der Waals surface area contributed by atoms with Gasteiger partial charge in [-0.25, -0.2) is 9.98 Å². The van der Waals surface area contributed by atoms with Crippen molar-refractivity contribution in [2.45, 2.75) is 39.9 Å². The summed E-state index contributed by atoms with van der Waals surface area (Å²) in [7, 11) is 0. The normalized spacial score (nSPS) is 12.7. The lowest BCUT2D eigenvalue weighted by Crippen LogP contribution is -2.19. The molecule has 5 nitrogen and oxygen atoms in total. The number of halogens is 1. The van der Waals surface area contributed by atoms with Gasteiger partial charge in [0.2, 0.25) is 17.0 Å². The molecule has 21 heavy (non-hydrogen) atoms. The van der Waals surface area contributed by atoms with E-state index in [0.717, 1.165) is 0 Å². The van der Waals surface area contributed by atoms with Crippen molar-refractivity contribution in [2.75, 3.05) is 0 Å². The summed E-state index contributed by atoms with van der Waals surface area (Å²) in [5.41, 5.74) is 0.411. The standard InChI is InChI=1S/C15H20ClN3O2/c1-6-8-12(17-7-2)21-13-11(9-18-14(16)19-13)10-20-15(3,4)5/h6-9H,1,10H2,2-5H3/b12-8+,17-7?. The van der Waals surface area contributed by atoms with Crippen molar-refractivity contribution in [1.29, 1.82) is 0 Å². The van der Waals surface area contributed by atoms with Gasteiger partial charge in [-0.1, -0.05) is 12.7 Å². The third-order valence-electron chi connectivity index (χ3n) is 2.17. The Bertz CT molecular complexity index is 548. The molecular weight excluding hydrogens is 290 g/mol. The summed E-state index contributed by atoms with van der Waals surface area (Å²) >= 11 is 5.82. The van der Waals surface area contributed by atoms with Crippen molar-refractivity contribution in [3.05, 3.63) is 41.7 Å². The predicted molar refractivity (Wildman–Crippen MR) is 84.7 cm³/mol. The number of rotatable bonds is 6. The average molecular weight is 310 g/mol. The second-order valence-electron chi connectivity index (χ2n) is 5.10. The zero-order chi connectivity index (χ0) is 15.9. The van der Waals surface area contributed by atoms with Crippen LogP contribution in [0.5, 0.6) is 5.88 Å². The third kappa shape index (κ3) is 6.51. The minimum Gasteiger partial charge on any atom is -0.420 e. The molecule has 114 valence electrons. The lowest BCUT2D eigenvalue weighted by Gasteiger charge is -2.20. The predicted octanol–water partition coefficient (Wildman–Crippen LogP) is 3.94. The maximum atomic E-state index is 5.82. The molecule has 0 radical (unpaired) electrons. The first-order valence-corrected chi connectivity index (χ1v) is 6.88. The highest BCUT2D eigenvalue weighted by atomic mass is 35.5. The van der Waals surface area contributed by atoms with E-state index in [0.29, 0.717) is 23.9 Å². The highest BCUT2D eigenvalue weighted by Gasteiger charge is 2.15. The van der Waals surface area contributed by atoms with Crippen LogP contribution in [0.3, 0.4) is 0 Å². The quantitative estimate of drug-likeness (QED) is 0.345. The first kappa shape index (κ1) is 17.3. The number of aliphatic imine (C=N–C) groups is 1. The molecular formula is C15H20ClN3O2. The van der Waals surface area contributed by atoms with Crippen molar-refractivity contribution in [1.82, 2.24) is 9.97 Å². The topological polar surface area (TPSA) is 56.6 Å². The molecule has 0 aliphatic rings. The van der Waals surface area contributed by atoms with Crippen LogP contribution < -0.4 is 4.74 Å². The van der Waals surface area contributed by atoms with Gasteiger partial charge < -0.3 is 9.47 Å². The van der Waals surface area contributed by atoms with E-state index in [9.17, 15) is 0 Å². The van der Waals surface area contributed by atoms with Crippen molar-refractivity contribution >= 4 is 17.8 Å². The van der Waals surface area contributed by atoms with Gasteiger partial charge in [0.15, 0.2) is 0 Å². The van der Waals surface area contributed by atoms with E-state index in [2.05, 4.69) is 21.5 Å². The second kappa shape index (κ2) is 7.90. The summed E-state index contributed by atoms with van der Waals surface area (Å²) in [4.78, 5) is 12.1. The van der Waals surface area contributed by atoms with Gasteiger partial charge in [0, 0.05) is 18.5 Å². The van der Waals surface area contributed by atoms with E-state index in [-0.39, 0.29) is 10.9 Å². The monoisotopic (exact) mass is 309 g/mol. The summed E-state index contributed by atoms with van der Waals surface area (Å²) in [6, 6.07) is 0. The number of allylic oxidation sites excluding steroid dienone is 2. The molecule has 0 N–H and O–H groups in total. The summed E-state index contributed by atoms with van der Waals surface area (Å²) < 4.78 is 11.4. The van der Waals surface area contributed by atoms with Crippen LogP contribution in [-0.4, -0.2) is 21.8 Å². The van der Waals surface area contributed by atoms with Gasteiger partial charge in [-0.3, -0.25) is 0 Å². The summed E-state index contributed by atoms with van der Waals surface area (Å²) in [5.74, 6) is 0.678. The number of nitrogens with zero attached hydrogens (tertiary/aromatic N) is 3. The van der Waals surface area contributed by atoms with Gasteiger partial charge in [0.05, 0.1) is 17.8 Å². The van der Waals surface area contributed by atoms with Crippen LogP contribution in [0.15, 0.2) is 35.8 Å². The number of hydrogen-bond acceptors (Lipinski definition) is 5. The van der Waals surface area contributed by atoms with Crippen molar-refractivity contribution < 1.29 is 9.47 Å². The SMILES string of the molecule is C=C/C=C(\N=CC)Oc1nc(Cl)ncc1COC(C)(C)C. The summed E-state index contributed by atoms with van der Waals surface area (Å²) in [6.45, 7) is 11.6. The van der Waals surface area contributed by atoms with Crippen LogP contribution in [0.2, 0.25) is 5.28 Å². The van der Waals surface area contributed by atoms with E-state index in [1.807, 2.05) is 20.8 Å². The van der Waals surface area contributed by atoms with E-state index < -0.39 is 0 Å². The zero-order valence-electron chi connectivity index (χ0n) is 12.8. The molecule has 1 rings (SSSR count). The van der Waals surface area contributed by atoms with E-state index in [4.69, 9.17) is 21.1 Å². The summed E-state index contributed by atoms with van der Waals surface area (Å²) in [6.07, 6.45) is 6.40. The van der Waals surface area contributed by atoms with Crippen molar-refractivity contribution in [2.24, 2.45) is 4.99 Å². The molecule has 0 aliphatic carbocycles. The van der Waals surface area contributed by atoms with Crippen LogP contribution in [0.1, 0.15) is 33.3 Å². The first-order valence-electron chi connectivity index (χ1n) is 6.50. The molecule has 1 aromatic rings. The molecule has 0 aromatic carbocycles. The molecule has 0 aliphatic heterocycles. The Morgan fingerprint density at radius 1 is 1.48 bits per heavy atom. The van der Waals surface area contributed by atoms with E-state index >= 15 is 0 Å². The molecule has 0 bridgehead atoms. The van der Waals surface area contributed by atoms with Gasteiger partial charge >= 0.3 is 0 Å². The molecule has 6 heteroatoms. The van der Waals surface area contributed by atoms with Gasteiger partial charge in [-0.05, 0) is 39.3 Å². The van der Waals surface area contributed by atoms with Crippen molar-refractivity contribution in [3.63, 3.8) is 0 Å². The Hall–Kier alpha value is -1.72. The number of aromatic nitrogens is 2. The number of hydrogen-bond donors (Lipinski definition) is 0. The molecule has 1 aromatic heterocycles. The maximum absolute atomic E-state index is 5.82. The molecule has 0 amide bonds. The maximum Gasteiger partial charge on any atom is 0.231 e. The molecule has 0 fully saturated rings. The Labute approximate surface area is 130 Å². The lowest BCUT2D eigenvalue weighted by atomic mass is 10.2. The highest BCUT2D eigenvalue weighted by Crippen LogP contribution is 2.22. The minimum atomic E-state index is -0.280. The zero-order valence-corrected chi connectivity index (χ0v) is 13.5. The third-order valence-corrected chi connectivity index (χ3v) is 2.36. The van der Waals surface area contributed by atoms with Gasteiger partial charge in [-0.15, -0.1) is 0 Å². The second-order valence-corrected chi connectivity index (χ2v) is 5.44. The van der Waals surface area contributed by atoms with Gasteiger partial charge in [-0.2, -0.15) is 4.98 Å². The van der Waals surface area contributed by atoms with Crippen LogP contribution in [0.25, 0.3) is 0 Å². The Kier molecular flexibility index (Phi) is 6.52. The van der Waals surface area contributed by atoms with Crippen LogP contribution in [-0.2, 0) is 11.3 Å². The molecule has 0 unspecified atom stereocenters. The first-order chi connectivity index (χ1) is 9.85. The van der Waals surface area contributed by atoms with Crippen LogP contribution >= 0.6 is 11.6 Å². The Balaban J connectivity index is 3.01. The fourth-order valence-corrected chi connectivity index (χ4v) is 1.41. The average Bonchev–Trinajstić information content (AvgIpc) is 2.37. The van der Waals surface area contributed by atoms with Crippen LogP contribution in [0, 0.1) is 0 Å². The Morgan fingerprint density at radius 2 is 2.19 bits per heavy atom. The smallest absolute Gasteiger partial charge is 0.231 e. The van der Waals surface area contributed by atoms with Crippen molar-refractivity contribution in [3.8, 4) is 5.88 Å². The molecule has 0 saturated heterocycles. The molecule has 1 heterocycles.